The summed E-state index contributed by atoms with van der Waals surface area (Å²) in [5, 5.41) is 0. The maximum absolute atomic E-state index is 12.1. The number of carbonyl (C=O) groups excluding carboxylic acids is 1. The molecule has 2 heterocycles. The summed E-state index contributed by atoms with van der Waals surface area (Å²) in [5.74, 6) is -0.241. The number of hydrogen-bond donors (Lipinski definition) is 1. The molecule has 0 bridgehead atoms. The highest BCUT2D eigenvalue weighted by atomic mass is 16.6. The Bertz CT molecular complexity index is 719. The van der Waals surface area contributed by atoms with Gasteiger partial charge in [-0.1, -0.05) is 36.4 Å². The molecular formula is C16H14N2O2. The van der Waals surface area contributed by atoms with Crippen LogP contribution in [0.4, 0.5) is 0 Å². The highest BCUT2D eigenvalue weighted by molar-refractivity contribution is 6.00. The fourth-order valence-corrected chi connectivity index (χ4v) is 2.06. The number of hydrogen-bond acceptors (Lipinski definition) is 2. The average Bonchev–Trinajstić information content (AvgIpc) is 2.92. The molecule has 0 radical (unpaired) electrons. The fraction of sp³-hybridized carbons (Fsp3) is 0.0625. The second-order valence-electron chi connectivity index (χ2n) is 4.43. The highest BCUT2D eigenvalue weighted by Crippen LogP contribution is 2.12. The van der Waals surface area contributed by atoms with Gasteiger partial charge in [0, 0.05) is 12.4 Å². The van der Waals surface area contributed by atoms with Gasteiger partial charge in [-0.15, -0.1) is 0 Å². The number of nitrogens with zero attached hydrogens (tertiary/aromatic N) is 1. The summed E-state index contributed by atoms with van der Waals surface area (Å²) in [4.78, 5) is 17.3. The van der Waals surface area contributed by atoms with Crippen molar-refractivity contribution in [3.8, 4) is 0 Å². The smallest absolute Gasteiger partial charge is 0.277 e. The van der Waals surface area contributed by atoms with Gasteiger partial charge in [0.05, 0.1) is 17.7 Å². The van der Waals surface area contributed by atoms with Crippen molar-refractivity contribution in [3.05, 3.63) is 78.1 Å². The molecule has 3 aromatic rings. The third kappa shape index (κ3) is 2.55. The molecule has 0 aliphatic carbocycles. The van der Waals surface area contributed by atoms with Crippen LogP contribution in [0.25, 0.3) is 5.52 Å². The molecule has 1 N–H and O–H groups in total. The number of pyridine rings is 1. The summed E-state index contributed by atoms with van der Waals surface area (Å²) in [5.41, 5.74) is 4.93. The van der Waals surface area contributed by atoms with E-state index in [4.69, 9.17) is 4.84 Å². The first-order valence-corrected chi connectivity index (χ1v) is 6.36. The molecule has 0 spiro atoms. The first-order chi connectivity index (χ1) is 9.84. The molecule has 0 atom stereocenters. The van der Waals surface area contributed by atoms with Crippen molar-refractivity contribution in [2.75, 3.05) is 0 Å². The summed E-state index contributed by atoms with van der Waals surface area (Å²) >= 11 is 0. The van der Waals surface area contributed by atoms with Crippen molar-refractivity contribution < 1.29 is 9.63 Å². The summed E-state index contributed by atoms with van der Waals surface area (Å²) in [6, 6.07) is 17.2. The van der Waals surface area contributed by atoms with Crippen molar-refractivity contribution >= 4 is 11.4 Å². The molecule has 3 rings (SSSR count). The number of fused-ring (bicyclic) bond motifs is 1. The normalized spacial score (nSPS) is 10.6. The van der Waals surface area contributed by atoms with Gasteiger partial charge >= 0.3 is 0 Å². The van der Waals surface area contributed by atoms with Crippen LogP contribution in [-0.2, 0) is 11.4 Å². The van der Waals surface area contributed by atoms with E-state index in [1.165, 1.54) is 0 Å². The largest absolute Gasteiger partial charge is 0.323 e. The van der Waals surface area contributed by atoms with Gasteiger partial charge in [-0.25, -0.2) is 5.48 Å². The van der Waals surface area contributed by atoms with E-state index in [0.717, 1.165) is 11.1 Å². The summed E-state index contributed by atoms with van der Waals surface area (Å²) in [6.45, 7) is 0.346. The summed E-state index contributed by atoms with van der Waals surface area (Å²) in [6.07, 6.45) is 3.75. The van der Waals surface area contributed by atoms with Gasteiger partial charge < -0.3 is 4.40 Å². The van der Waals surface area contributed by atoms with E-state index in [-0.39, 0.29) is 5.91 Å². The summed E-state index contributed by atoms with van der Waals surface area (Å²) < 4.78 is 1.89. The molecule has 100 valence electrons. The molecule has 0 fully saturated rings. The van der Waals surface area contributed by atoms with E-state index in [1.807, 2.05) is 65.3 Å². The number of amides is 1. The first-order valence-electron chi connectivity index (χ1n) is 6.36. The van der Waals surface area contributed by atoms with Crippen molar-refractivity contribution in [1.82, 2.24) is 9.88 Å². The minimum atomic E-state index is -0.241. The van der Waals surface area contributed by atoms with Crippen molar-refractivity contribution in [1.29, 1.82) is 0 Å². The fourth-order valence-electron chi connectivity index (χ4n) is 2.06. The zero-order chi connectivity index (χ0) is 13.8. The molecule has 0 aliphatic heterocycles. The monoisotopic (exact) mass is 266 g/mol. The number of rotatable bonds is 4. The molecule has 0 saturated carbocycles. The van der Waals surface area contributed by atoms with Crippen LogP contribution in [0.3, 0.4) is 0 Å². The molecule has 20 heavy (non-hydrogen) atoms. The lowest BCUT2D eigenvalue weighted by Gasteiger charge is -2.05. The Morgan fingerprint density at radius 3 is 2.65 bits per heavy atom. The SMILES string of the molecule is O=C(NOCc1ccccc1)c1ccn2ccccc12. The molecule has 0 saturated heterocycles. The second-order valence-corrected chi connectivity index (χ2v) is 4.43. The minimum absolute atomic E-state index is 0.241. The lowest BCUT2D eigenvalue weighted by atomic mass is 10.2. The van der Waals surface area contributed by atoms with E-state index < -0.39 is 0 Å². The predicted octanol–water partition coefficient (Wildman–Crippen LogP) is 2.80. The van der Waals surface area contributed by atoms with E-state index >= 15 is 0 Å². The Labute approximate surface area is 116 Å². The van der Waals surface area contributed by atoms with E-state index in [2.05, 4.69) is 5.48 Å². The molecule has 2 aromatic heterocycles. The first kappa shape index (κ1) is 12.4. The molecule has 1 aromatic carbocycles. The molecule has 1 amide bonds. The summed E-state index contributed by atoms with van der Waals surface area (Å²) in [7, 11) is 0. The average molecular weight is 266 g/mol. The van der Waals surface area contributed by atoms with Crippen LogP contribution < -0.4 is 5.48 Å². The van der Waals surface area contributed by atoms with Crippen LogP contribution in [0.1, 0.15) is 15.9 Å². The Morgan fingerprint density at radius 1 is 1.00 bits per heavy atom. The number of benzene rings is 1. The predicted molar refractivity (Wildman–Crippen MR) is 76.1 cm³/mol. The Morgan fingerprint density at radius 2 is 1.80 bits per heavy atom. The Balaban J connectivity index is 1.65. The zero-order valence-electron chi connectivity index (χ0n) is 10.8. The standard InChI is InChI=1S/C16H14N2O2/c19-16(17-20-12-13-6-2-1-3-7-13)14-9-11-18-10-5-4-8-15(14)18/h1-11H,12H2,(H,17,19). The van der Waals surface area contributed by atoms with E-state index in [9.17, 15) is 4.79 Å². The van der Waals surface area contributed by atoms with Gasteiger partial charge in [0.15, 0.2) is 0 Å². The van der Waals surface area contributed by atoms with Gasteiger partial charge in [-0.2, -0.15) is 0 Å². The maximum Gasteiger partial charge on any atom is 0.277 e. The number of aromatic nitrogens is 1. The van der Waals surface area contributed by atoms with Crippen molar-refractivity contribution in [2.24, 2.45) is 0 Å². The maximum atomic E-state index is 12.1. The van der Waals surface area contributed by atoms with Crippen molar-refractivity contribution in [2.45, 2.75) is 6.61 Å². The quantitative estimate of drug-likeness (QED) is 0.738. The van der Waals surface area contributed by atoms with Crippen LogP contribution in [0.5, 0.6) is 0 Å². The molecule has 4 nitrogen and oxygen atoms in total. The van der Waals surface area contributed by atoms with E-state index in [0.29, 0.717) is 12.2 Å². The van der Waals surface area contributed by atoms with Crippen molar-refractivity contribution in [3.63, 3.8) is 0 Å². The third-order valence-electron chi connectivity index (χ3n) is 3.06. The van der Waals surface area contributed by atoms with Crippen LogP contribution in [0.15, 0.2) is 67.0 Å². The van der Waals surface area contributed by atoms with E-state index in [1.54, 1.807) is 6.07 Å². The van der Waals surface area contributed by atoms with Gasteiger partial charge in [-0.05, 0) is 23.8 Å². The van der Waals surface area contributed by atoms with Gasteiger partial charge in [0.2, 0.25) is 0 Å². The van der Waals surface area contributed by atoms with Gasteiger partial charge in [0.1, 0.15) is 0 Å². The van der Waals surface area contributed by atoms with Crippen LogP contribution in [0.2, 0.25) is 0 Å². The lowest BCUT2D eigenvalue weighted by Crippen LogP contribution is -2.23. The van der Waals surface area contributed by atoms with Gasteiger partial charge in [0.25, 0.3) is 5.91 Å². The minimum Gasteiger partial charge on any atom is -0.323 e. The topological polar surface area (TPSA) is 42.7 Å². The van der Waals surface area contributed by atoms with Crippen LogP contribution in [0, 0.1) is 0 Å². The molecule has 0 unspecified atom stereocenters. The second kappa shape index (κ2) is 5.59. The Kier molecular flexibility index (Phi) is 3.48. The van der Waals surface area contributed by atoms with Crippen LogP contribution in [-0.4, -0.2) is 10.3 Å². The third-order valence-corrected chi connectivity index (χ3v) is 3.06. The highest BCUT2D eigenvalue weighted by Gasteiger charge is 2.10. The van der Waals surface area contributed by atoms with Gasteiger partial charge in [-0.3, -0.25) is 9.63 Å². The Hall–Kier alpha value is -2.59. The number of hydroxylamine groups is 1. The zero-order valence-corrected chi connectivity index (χ0v) is 10.8. The number of nitrogens with one attached hydrogen (secondary N) is 1. The number of carbonyl (C=O) groups is 1. The van der Waals surface area contributed by atoms with Crippen LogP contribution >= 0.6 is 0 Å². The molecule has 4 heteroatoms. The molecular weight excluding hydrogens is 252 g/mol. The lowest BCUT2D eigenvalue weighted by molar-refractivity contribution is 0.0235. The molecule has 0 aliphatic rings.